The van der Waals surface area contributed by atoms with Gasteiger partial charge in [-0.3, -0.25) is 0 Å². The topological polar surface area (TPSA) is 0 Å². The molecule has 3 unspecified atom stereocenters. The van der Waals surface area contributed by atoms with Crippen LogP contribution >= 0.6 is 0 Å². The van der Waals surface area contributed by atoms with Gasteiger partial charge in [0.15, 0.2) is 0 Å². The molecule has 0 heterocycles. The molecule has 0 amide bonds. The van der Waals surface area contributed by atoms with Crippen molar-refractivity contribution in [3.63, 3.8) is 0 Å². The van der Waals surface area contributed by atoms with Crippen molar-refractivity contribution in [1.29, 1.82) is 0 Å². The second-order valence-corrected chi connectivity index (χ2v) is 8.84. The largest absolute Gasteiger partial charge is 0.0654 e. The van der Waals surface area contributed by atoms with E-state index in [4.69, 9.17) is 0 Å². The monoisotopic (exact) mass is 324 g/mol. The molecular weight excluding hydrogens is 276 g/mol. The van der Waals surface area contributed by atoms with Gasteiger partial charge < -0.3 is 0 Å². The average molecular weight is 325 g/mol. The Morgan fingerprint density at radius 1 is 0.565 bits per heavy atom. The van der Waals surface area contributed by atoms with Crippen LogP contribution in [0.15, 0.2) is 0 Å². The summed E-state index contributed by atoms with van der Waals surface area (Å²) in [4.78, 5) is 0. The second-order valence-electron chi connectivity index (χ2n) is 8.84. The maximum atomic E-state index is 2.45. The summed E-state index contributed by atoms with van der Waals surface area (Å²) < 4.78 is 0. The molecule has 0 aromatic rings. The van der Waals surface area contributed by atoms with Crippen LogP contribution in [0.3, 0.4) is 0 Å². The Balaban J connectivity index is 3.47. The molecule has 0 saturated carbocycles. The minimum absolute atomic E-state index is 0.879. The summed E-state index contributed by atoms with van der Waals surface area (Å²) in [6.45, 7) is 14.3. The molecule has 0 fully saturated rings. The third-order valence-corrected chi connectivity index (χ3v) is 5.56. The van der Waals surface area contributed by atoms with E-state index >= 15 is 0 Å². The Bertz CT molecular complexity index is 230. The molecule has 0 aromatic carbocycles. The van der Waals surface area contributed by atoms with Crippen LogP contribution < -0.4 is 0 Å². The minimum atomic E-state index is 0.879. The van der Waals surface area contributed by atoms with E-state index in [1.54, 1.807) is 0 Å². The maximum absolute atomic E-state index is 2.45. The van der Waals surface area contributed by atoms with Crippen molar-refractivity contribution in [3.05, 3.63) is 0 Å². The van der Waals surface area contributed by atoms with E-state index in [9.17, 15) is 0 Å². The highest BCUT2D eigenvalue weighted by atomic mass is 14.2. The van der Waals surface area contributed by atoms with Gasteiger partial charge in [0.2, 0.25) is 0 Å². The van der Waals surface area contributed by atoms with Crippen LogP contribution in [0.25, 0.3) is 0 Å². The summed E-state index contributed by atoms with van der Waals surface area (Å²) in [6.07, 6.45) is 18.8. The predicted octanol–water partition coefficient (Wildman–Crippen LogP) is 8.64. The Kier molecular flexibility index (Phi) is 15.5. The lowest BCUT2D eigenvalue weighted by atomic mass is 9.88. The van der Waals surface area contributed by atoms with Crippen molar-refractivity contribution < 1.29 is 0 Å². The molecule has 23 heavy (non-hydrogen) atoms. The molecule has 0 saturated heterocycles. The van der Waals surface area contributed by atoms with Crippen LogP contribution in [-0.2, 0) is 0 Å². The van der Waals surface area contributed by atoms with Crippen molar-refractivity contribution >= 4 is 0 Å². The first kappa shape index (κ1) is 23.0. The quantitative estimate of drug-likeness (QED) is 0.249. The van der Waals surface area contributed by atoms with Gasteiger partial charge in [-0.1, -0.05) is 112 Å². The fourth-order valence-electron chi connectivity index (χ4n) is 4.06. The molecule has 0 nitrogen and oxygen atoms in total. The fourth-order valence-corrected chi connectivity index (χ4v) is 4.06. The van der Waals surface area contributed by atoms with Crippen LogP contribution in [0.2, 0.25) is 0 Å². The summed E-state index contributed by atoms with van der Waals surface area (Å²) in [5, 5.41) is 0. The fraction of sp³-hybridized carbons (Fsp3) is 1.00. The lowest BCUT2D eigenvalue weighted by Crippen LogP contribution is -2.04. The highest BCUT2D eigenvalue weighted by Gasteiger charge is 2.10. The first-order valence-electron chi connectivity index (χ1n) is 11.0. The molecule has 0 aliphatic rings. The summed E-state index contributed by atoms with van der Waals surface area (Å²) in [6, 6.07) is 0. The van der Waals surface area contributed by atoms with Crippen LogP contribution in [-0.4, -0.2) is 0 Å². The first-order valence-corrected chi connectivity index (χ1v) is 11.0. The summed E-state index contributed by atoms with van der Waals surface area (Å²) in [7, 11) is 0. The summed E-state index contributed by atoms with van der Waals surface area (Å²) in [5.74, 6) is 3.74. The SMILES string of the molecule is CCCC(CCCCCCCCC(C)CC(C)CC)CC(C)C. The lowest BCUT2D eigenvalue weighted by Gasteiger charge is -2.18. The molecule has 0 aromatic heterocycles. The summed E-state index contributed by atoms with van der Waals surface area (Å²) >= 11 is 0. The first-order chi connectivity index (χ1) is 11.0. The van der Waals surface area contributed by atoms with Crippen molar-refractivity contribution in [3.8, 4) is 0 Å². The van der Waals surface area contributed by atoms with E-state index < -0.39 is 0 Å². The molecule has 3 atom stereocenters. The van der Waals surface area contributed by atoms with Crippen molar-refractivity contribution in [2.45, 2.75) is 125 Å². The predicted molar refractivity (Wildman–Crippen MR) is 108 cm³/mol. The third kappa shape index (κ3) is 15.3. The lowest BCUT2D eigenvalue weighted by molar-refractivity contribution is 0.346. The van der Waals surface area contributed by atoms with E-state index in [2.05, 4.69) is 41.5 Å². The zero-order valence-corrected chi connectivity index (χ0v) is 17.5. The minimum Gasteiger partial charge on any atom is -0.0654 e. The van der Waals surface area contributed by atoms with Crippen LogP contribution in [0, 0.1) is 23.7 Å². The molecule has 140 valence electrons. The van der Waals surface area contributed by atoms with Crippen LogP contribution in [0.1, 0.15) is 125 Å². The Hall–Kier alpha value is 0. The van der Waals surface area contributed by atoms with Gasteiger partial charge in [-0.05, 0) is 36.5 Å². The van der Waals surface area contributed by atoms with Gasteiger partial charge in [-0.2, -0.15) is 0 Å². The molecule has 0 aliphatic carbocycles. The molecule has 0 bridgehead atoms. The average Bonchev–Trinajstić information content (AvgIpc) is 2.49. The molecule has 0 rings (SSSR count). The number of hydrogen-bond donors (Lipinski definition) is 0. The zero-order valence-electron chi connectivity index (χ0n) is 17.5. The van der Waals surface area contributed by atoms with E-state index in [1.165, 1.54) is 83.5 Å². The van der Waals surface area contributed by atoms with Gasteiger partial charge in [0.1, 0.15) is 0 Å². The van der Waals surface area contributed by atoms with Gasteiger partial charge in [0.05, 0.1) is 0 Å². The van der Waals surface area contributed by atoms with Crippen molar-refractivity contribution in [1.82, 2.24) is 0 Å². The molecule has 0 aliphatic heterocycles. The Morgan fingerprint density at radius 2 is 1.13 bits per heavy atom. The molecule has 0 spiro atoms. The van der Waals surface area contributed by atoms with Crippen LogP contribution in [0.4, 0.5) is 0 Å². The van der Waals surface area contributed by atoms with E-state index in [1.807, 2.05) is 0 Å². The van der Waals surface area contributed by atoms with Crippen molar-refractivity contribution in [2.24, 2.45) is 23.7 Å². The molecular formula is C23H48. The molecule has 0 N–H and O–H groups in total. The van der Waals surface area contributed by atoms with Gasteiger partial charge in [0.25, 0.3) is 0 Å². The molecule has 0 radical (unpaired) electrons. The number of hydrogen-bond acceptors (Lipinski definition) is 0. The standard InChI is InChI=1S/C23H48/c1-7-15-23(18-20(3)4)17-14-12-10-9-11-13-16-22(6)19-21(5)8-2/h20-23H,7-19H2,1-6H3. The smallest absolute Gasteiger partial charge is 0.0412 e. The van der Waals surface area contributed by atoms with Crippen LogP contribution in [0.5, 0.6) is 0 Å². The van der Waals surface area contributed by atoms with E-state index in [0.717, 1.165) is 23.7 Å². The van der Waals surface area contributed by atoms with Crippen molar-refractivity contribution in [2.75, 3.05) is 0 Å². The third-order valence-electron chi connectivity index (χ3n) is 5.56. The number of rotatable bonds is 16. The highest BCUT2D eigenvalue weighted by molar-refractivity contribution is 4.62. The van der Waals surface area contributed by atoms with E-state index in [0.29, 0.717) is 0 Å². The maximum Gasteiger partial charge on any atom is -0.0412 e. The Morgan fingerprint density at radius 3 is 1.65 bits per heavy atom. The normalized spacial score (nSPS) is 15.8. The highest BCUT2D eigenvalue weighted by Crippen LogP contribution is 2.24. The zero-order chi connectivity index (χ0) is 17.5. The van der Waals surface area contributed by atoms with Gasteiger partial charge in [-0.25, -0.2) is 0 Å². The van der Waals surface area contributed by atoms with Gasteiger partial charge >= 0.3 is 0 Å². The summed E-state index contributed by atoms with van der Waals surface area (Å²) in [5.41, 5.74) is 0. The Labute approximate surface area is 149 Å². The van der Waals surface area contributed by atoms with Gasteiger partial charge in [-0.15, -0.1) is 0 Å². The molecule has 0 heteroatoms. The van der Waals surface area contributed by atoms with E-state index in [-0.39, 0.29) is 0 Å². The number of unbranched alkanes of at least 4 members (excludes halogenated alkanes) is 5. The second kappa shape index (κ2) is 15.5. The van der Waals surface area contributed by atoms with Gasteiger partial charge in [0, 0.05) is 0 Å².